The summed E-state index contributed by atoms with van der Waals surface area (Å²) in [6.07, 6.45) is 21.0. The van der Waals surface area contributed by atoms with E-state index >= 15 is 0 Å². The molecule has 0 aliphatic heterocycles. The Morgan fingerprint density at radius 2 is 1.28 bits per heavy atom. The van der Waals surface area contributed by atoms with Gasteiger partial charge in [-0.3, -0.25) is 0 Å². The van der Waals surface area contributed by atoms with E-state index in [2.05, 4.69) is 52.0 Å². The van der Waals surface area contributed by atoms with E-state index < -0.39 is 0 Å². The van der Waals surface area contributed by atoms with Crippen molar-refractivity contribution in [3.63, 3.8) is 0 Å². The maximum atomic E-state index is 2.33. The zero-order valence-electron chi connectivity index (χ0n) is 13.2. The minimum absolute atomic E-state index is 0.511. The summed E-state index contributed by atoms with van der Waals surface area (Å²) in [6.45, 7) is 9.24. The van der Waals surface area contributed by atoms with Crippen LogP contribution in [0.5, 0.6) is 0 Å². The molecule has 0 nitrogen and oxygen atoms in total. The van der Waals surface area contributed by atoms with Gasteiger partial charge in [-0.2, -0.15) is 0 Å². The standard InChI is InChI=1S/C18H34/c1-5-6-7-8-9-10-11-12-13-14-15-16-17-18(2,3)4/h9-12H,5-8,13-17H2,1-4H3/b10-9+,12-11+. The van der Waals surface area contributed by atoms with Crippen LogP contribution in [0.3, 0.4) is 0 Å². The summed E-state index contributed by atoms with van der Waals surface area (Å²) >= 11 is 0. The molecule has 18 heavy (non-hydrogen) atoms. The predicted octanol–water partition coefficient (Wildman–Crippen LogP) is 6.68. The molecule has 0 amide bonds. The lowest BCUT2D eigenvalue weighted by Crippen LogP contribution is -2.03. The Morgan fingerprint density at radius 3 is 1.78 bits per heavy atom. The number of rotatable bonds is 10. The molecular formula is C18H34. The van der Waals surface area contributed by atoms with E-state index in [1.807, 2.05) is 0 Å². The average Bonchev–Trinajstić information content (AvgIpc) is 2.29. The van der Waals surface area contributed by atoms with Crippen LogP contribution in [0.15, 0.2) is 24.3 Å². The second-order valence-electron chi connectivity index (χ2n) is 6.51. The third-order valence-corrected chi connectivity index (χ3v) is 3.16. The van der Waals surface area contributed by atoms with E-state index in [0.717, 1.165) is 0 Å². The lowest BCUT2D eigenvalue weighted by molar-refractivity contribution is 0.358. The van der Waals surface area contributed by atoms with Crippen LogP contribution in [0.25, 0.3) is 0 Å². The Kier molecular flexibility index (Phi) is 11.2. The number of hydrogen-bond donors (Lipinski definition) is 0. The molecule has 0 atom stereocenters. The Labute approximate surface area is 116 Å². The summed E-state index contributed by atoms with van der Waals surface area (Å²) in [5.74, 6) is 0. The first-order valence-corrected chi connectivity index (χ1v) is 7.88. The van der Waals surface area contributed by atoms with Gasteiger partial charge < -0.3 is 0 Å². The molecule has 0 saturated heterocycles. The quantitative estimate of drug-likeness (QED) is 0.300. The van der Waals surface area contributed by atoms with E-state index in [4.69, 9.17) is 0 Å². The van der Waals surface area contributed by atoms with E-state index in [0.29, 0.717) is 5.41 Å². The Bertz CT molecular complexity index is 215. The van der Waals surface area contributed by atoms with Crippen LogP contribution in [-0.2, 0) is 0 Å². The van der Waals surface area contributed by atoms with Gasteiger partial charge in [-0.1, -0.05) is 77.7 Å². The van der Waals surface area contributed by atoms with Crippen molar-refractivity contribution in [2.24, 2.45) is 5.41 Å². The molecule has 0 fully saturated rings. The van der Waals surface area contributed by atoms with Crippen molar-refractivity contribution in [3.05, 3.63) is 24.3 Å². The molecule has 0 unspecified atom stereocenters. The molecular weight excluding hydrogens is 216 g/mol. The Hall–Kier alpha value is -0.520. The van der Waals surface area contributed by atoms with Crippen molar-refractivity contribution in [2.45, 2.75) is 85.5 Å². The molecule has 0 spiro atoms. The number of hydrogen-bond acceptors (Lipinski definition) is 0. The highest BCUT2D eigenvalue weighted by Gasteiger charge is 2.08. The molecule has 0 aromatic rings. The van der Waals surface area contributed by atoms with Crippen LogP contribution < -0.4 is 0 Å². The van der Waals surface area contributed by atoms with Gasteiger partial charge in [-0.25, -0.2) is 0 Å². The zero-order chi connectivity index (χ0) is 13.7. The monoisotopic (exact) mass is 250 g/mol. The van der Waals surface area contributed by atoms with Crippen molar-refractivity contribution >= 4 is 0 Å². The molecule has 0 aromatic heterocycles. The third-order valence-electron chi connectivity index (χ3n) is 3.16. The maximum Gasteiger partial charge on any atom is -0.0348 e. The molecule has 0 aliphatic carbocycles. The van der Waals surface area contributed by atoms with Gasteiger partial charge in [0.2, 0.25) is 0 Å². The van der Waals surface area contributed by atoms with E-state index in [-0.39, 0.29) is 0 Å². The van der Waals surface area contributed by atoms with Gasteiger partial charge in [0.15, 0.2) is 0 Å². The van der Waals surface area contributed by atoms with Crippen LogP contribution in [-0.4, -0.2) is 0 Å². The normalized spacial score (nSPS) is 12.9. The summed E-state index contributed by atoms with van der Waals surface area (Å²) < 4.78 is 0. The second kappa shape index (κ2) is 11.6. The molecule has 0 bridgehead atoms. The van der Waals surface area contributed by atoms with Gasteiger partial charge in [0, 0.05) is 0 Å². The van der Waals surface area contributed by atoms with Crippen LogP contribution in [0, 0.1) is 5.41 Å². The first kappa shape index (κ1) is 17.5. The Balaban J connectivity index is 3.28. The summed E-state index contributed by atoms with van der Waals surface area (Å²) in [5.41, 5.74) is 0.511. The van der Waals surface area contributed by atoms with Gasteiger partial charge >= 0.3 is 0 Å². The average molecular weight is 250 g/mol. The summed E-state index contributed by atoms with van der Waals surface area (Å²) in [5, 5.41) is 0. The SMILES string of the molecule is CCCCC/C=C/C=C/CCCCCC(C)(C)C. The van der Waals surface area contributed by atoms with Gasteiger partial charge in [-0.05, 0) is 37.5 Å². The molecule has 106 valence electrons. The van der Waals surface area contributed by atoms with E-state index in [9.17, 15) is 0 Å². The minimum atomic E-state index is 0.511. The third kappa shape index (κ3) is 15.5. The Morgan fingerprint density at radius 1 is 0.722 bits per heavy atom. The molecule has 0 N–H and O–H groups in total. The van der Waals surface area contributed by atoms with Crippen molar-refractivity contribution < 1.29 is 0 Å². The van der Waals surface area contributed by atoms with Gasteiger partial charge in [0.25, 0.3) is 0 Å². The summed E-state index contributed by atoms with van der Waals surface area (Å²) in [7, 11) is 0. The largest absolute Gasteiger partial charge is 0.0845 e. The van der Waals surface area contributed by atoms with Crippen molar-refractivity contribution in [1.29, 1.82) is 0 Å². The highest BCUT2D eigenvalue weighted by Crippen LogP contribution is 2.22. The zero-order valence-corrected chi connectivity index (χ0v) is 13.2. The van der Waals surface area contributed by atoms with E-state index in [1.165, 1.54) is 57.8 Å². The van der Waals surface area contributed by atoms with Gasteiger partial charge in [0.05, 0.1) is 0 Å². The summed E-state index contributed by atoms with van der Waals surface area (Å²) in [4.78, 5) is 0. The molecule has 0 saturated carbocycles. The second-order valence-corrected chi connectivity index (χ2v) is 6.51. The fourth-order valence-electron chi connectivity index (χ4n) is 1.96. The molecule has 0 heterocycles. The van der Waals surface area contributed by atoms with Crippen LogP contribution in [0.2, 0.25) is 0 Å². The highest BCUT2D eigenvalue weighted by molar-refractivity contribution is 5.02. The summed E-state index contributed by atoms with van der Waals surface area (Å²) in [6, 6.07) is 0. The number of unbranched alkanes of at least 4 members (excludes halogenated alkanes) is 6. The van der Waals surface area contributed by atoms with Crippen molar-refractivity contribution in [3.8, 4) is 0 Å². The molecule has 0 aliphatic rings. The maximum absolute atomic E-state index is 2.33. The van der Waals surface area contributed by atoms with Crippen LogP contribution >= 0.6 is 0 Å². The van der Waals surface area contributed by atoms with Crippen molar-refractivity contribution in [2.75, 3.05) is 0 Å². The molecule has 0 rings (SSSR count). The lowest BCUT2D eigenvalue weighted by Gasteiger charge is -2.17. The first-order valence-electron chi connectivity index (χ1n) is 7.88. The fraction of sp³-hybridized carbons (Fsp3) is 0.778. The number of allylic oxidation sites excluding steroid dienone is 4. The predicted molar refractivity (Wildman–Crippen MR) is 85.0 cm³/mol. The van der Waals surface area contributed by atoms with E-state index in [1.54, 1.807) is 0 Å². The fourth-order valence-corrected chi connectivity index (χ4v) is 1.96. The first-order chi connectivity index (χ1) is 8.56. The highest BCUT2D eigenvalue weighted by atomic mass is 14.1. The van der Waals surface area contributed by atoms with Gasteiger partial charge in [0.1, 0.15) is 0 Å². The van der Waals surface area contributed by atoms with Crippen molar-refractivity contribution in [1.82, 2.24) is 0 Å². The lowest BCUT2D eigenvalue weighted by atomic mass is 9.89. The topological polar surface area (TPSA) is 0 Å². The molecule has 0 aromatic carbocycles. The smallest absolute Gasteiger partial charge is 0.0348 e. The van der Waals surface area contributed by atoms with Gasteiger partial charge in [-0.15, -0.1) is 0 Å². The minimum Gasteiger partial charge on any atom is -0.0845 e. The molecule has 0 heteroatoms. The van der Waals surface area contributed by atoms with Crippen LogP contribution in [0.4, 0.5) is 0 Å². The molecule has 0 radical (unpaired) electrons. The van der Waals surface area contributed by atoms with Crippen LogP contribution in [0.1, 0.15) is 85.5 Å².